The quantitative estimate of drug-likeness (QED) is 0.0335. The van der Waals surface area contributed by atoms with Crippen LogP contribution in [-0.4, -0.2) is 100 Å². The highest BCUT2D eigenvalue weighted by Gasteiger charge is 2.94. The normalized spacial score (nSPS) is 15.9. The summed E-state index contributed by atoms with van der Waals surface area (Å²) >= 11 is 0. The molecule has 0 aromatic rings. The third-order valence-corrected chi connectivity index (χ3v) is 26.9. The van der Waals surface area contributed by atoms with Crippen LogP contribution in [-0.2, 0) is 4.12 Å². The number of halogens is 30. The first-order valence-corrected chi connectivity index (χ1v) is 38.3. The van der Waals surface area contributed by atoms with Crippen molar-refractivity contribution >= 4 is 16.6 Å². The summed E-state index contributed by atoms with van der Waals surface area (Å²) in [6.45, 7) is 6.48. The van der Waals surface area contributed by atoms with Crippen LogP contribution in [0.15, 0.2) is 0 Å². The van der Waals surface area contributed by atoms with Crippen LogP contribution in [0.25, 0.3) is 0 Å². The zero-order chi connectivity index (χ0) is 72.4. The minimum atomic E-state index is -8.57. The van der Waals surface area contributed by atoms with Gasteiger partial charge in [0.2, 0.25) is 0 Å². The molecule has 0 aliphatic rings. The van der Waals surface area contributed by atoms with Crippen molar-refractivity contribution < 1.29 is 136 Å². The van der Waals surface area contributed by atoms with Gasteiger partial charge in [-0.2, -0.15) is 132 Å². The maximum absolute atomic E-state index is 15.2. The number of hydrogen-bond donors (Lipinski definition) is 0. The Kier molecular flexibility index (Phi) is 37.5. The highest BCUT2D eigenvalue weighted by Crippen LogP contribution is 2.65. The molecule has 0 aliphatic heterocycles. The van der Waals surface area contributed by atoms with E-state index in [1.54, 1.807) is 0 Å². The molecule has 0 radical (unpaired) electrons. The lowest BCUT2D eigenvalue weighted by Crippen LogP contribution is -2.72. The van der Waals surface area contributed by atoms with Crippen LogP contribution < -0.4 is 0 Å². The van der Waals surface area contributed by atoms with Gasteiger partial charge in [-0.15, -0.1) is 0 Å². The molecule has 560 valence electrons. The Hall–Kier alpha value is -1.71. The summed E-state index contributed by atoms with van der Waals surface area (Å²) < 4.78 is 429. The van der Waals surface area contributed by atoms with E-state index in [-0.39, 0.29) is 37.8 Å². The Labute approximate surface area is 529 Å². The van der Waals surface area contributed by atoms with E-state index in [1.807, 2.05) is 0 Å². The van der Waals surface area contributed by atoms with E-state index < -0.39 is 138 Å². The summed E-state index contributed by atoms with van der Waals surface area (Å²) in [5.74, 6) is -96.5. The minimum absolute atomic E-state index is 0.00965. The second-order valence-electron chi connectivity index (χ2n) is 25.7. The van der Waals surface area contributed by atoms with Crippen molar-refractivity contribution in [1.82, 2.24) is 0 Å². The van der Waals surface area contributed by atoms with Gasteiger partial charge in [0, 0.05) is 12.8 Å². The van der Waals surface area contributed by atoms with E-state index >= 15 is 17.6 Å². The van der Waals surface area contributed by atoms with Crippen LogP contribution in [0, 0.1) is 0 Å². The predicted octanol–water partition coefficient (Wildman–Crippen LogP) is 27.8. The smallest absolute Gasteiger partial charge is 0.455 e. The fraction of sp³-hybridized carbons (Fsp3) is 1.00. The molecule has 33 heteroatoms. The average molecular weight is 1460 g/mol. The second-order valence-corrected chi connectivity index (χ2v) is 34.3. The molecule has 0 saturated heterocycles. The number of unbranched alkanes of at least 4 members (excludes halogenated alkanes) is 32. The molecule has 0 amide bonds. The lowest BCUT2D eigenvalue weighted by molar-refractivity contribution is -0.452. The van der Waals surface area contributed by atoms with Crippen LogP contribution in [0.2, 0.25) is 37.3 Å². The first-order chi connectivity index (χ1) is 42.2. The summed E-state index contributed by atoms with van der Waals surface area (Å²) in [6.07, 6.45) is 4.92. The number of alkyl halides is 30. The average Bonchev–Trinajstić information content (AvgIpc) is 0.712. The summed E-state index contributed by atoms with van der Waals surface area (Å²) in [5, 5.41) is 0. The zero-order valence-corrected chi connectivity index (χ0v) is 55.4. The first-order valence-electron chi connectivity index (χ1n) is 32.6. The summed E-state index contributed by atoms with van der Waals surface area (Å²) in [5.41, 5.74) is 0. The van der Waals surface area contributed by atoms with Crippen LogP contribution in [0.3, 0.4) is 0 Å². The summed E-state index contributed by atoms with van der Waals surface area (Å²) in [6, 6.07) is -2.60. The Morgan fingerprint density at radius 2 is 0.344 bits per heavy atom. The van der Waals surface area contributed by atoms with Crippen molar-refractivity contribution in [2.45, 2.75) is 379 Å². The number of hydrogen-bond acceptors (Lipinski definition) is 1. The van der Waals surface area contributed by atoms with Crippen molar-refractivity contribution in [3.63, 3.8) is 0 Å². The van der Waals surface area contributed by atoms with Crippen molar-refractivity contribution in [2.75, 3.05) is 0 Å². The molecule has 0 spiro atoms. The minimum Gasteiger partial charge on any atom is -0.455 e. The van der Waals surface area contributed by atoms with E-state index in [0.29, 0.717) is 38.5 Å². The molecule has 0 heterocycles. The molecular weight excluding hydrogens is 1360 g/mol. The monoisotopic (exact) mass is 1460 g/mol. The zero-order valence-electron chi connectivity index (χ0n) is 53.4. The van der Waals surface area contributed by atoms with E-state index in [4.69, 9.17) is 4.12 Å². The SMILES string of the molecule is CCCCCCCCCCCCCCCCCCC[Si](C)(CCCC(F)(F)C(F)(F)C(F)(F)C(F)(F)C(F)(F)C(F)(F)C(F)(F)F)O[Si](C)(CCCCCCCCCCCCCCCCCCC)CCCC(F)(F)C(F)(F)C(F)(F)C(F)(F)C(F)(F)C(F)(F)C(F)(F)F. The topological polar surface area (TPSA) is 9.23 Å². The molecule has 0 saturated carbocycles. The van der Waals surface area contributed by atoms with Crippen molar-refractivity contribution in [3.05, 3.63) is 0 Å². The van der Waals surface area contributed by atoms with Gasteiger partial charge in [-0.3, -0.25) is 0 Å². The lowest BCUT2D eigenvalue weighted by atomic mass is 9.90. The fourth-order valence-electron chi connectivity index (χ4n) is 11.2. The van der Waals surface area contributed by atoms with E-state index in [2.05, 4.69) is 13.8 Å². The van der Waals surface area contributed by atoms with E-state index in [0.717, 1.165) is 129 Å². The van der Waals surface area contributed by atoms with Crippen molar-refractivity contribution in [1.29, 1.82) is 0 Å². The van der Waals surface area contributed by atoms with Gasteiger partial charge < -0.3 is 4.12 Å². The fourth-order valence-corrected chi connectivity index (χ4v) is 21.9. The van der Waals surface area contributed by atoms with Crippen LogP contribution in [0.1, 0.15) is 258 Å². The summed E-state index contributed by atoms with van der Waals surface area (Å²) in [7, 11) is -8.32. The molecule has 0 fully saturated rings. The van der Waals surface area contributed by atoms with Gasteiger partial charge >= 0.3 is 83.4 Å². The summed E-state index contributed by atoms with van der Waals surface area (Å²) in [4.78, 5) is 0. The van der Waals surface area contributed by atoms with Crippen molar-refractivity contribution in [3.8, 4) is 0 Å². The lowest BCUT2D eigenvalue weighted by Gasteiger charge is -2.42. The number of rotatable bonds is 56. The molecular formula is C60H96F30OSi2. The largest absolute Gasteiger partial charge is 0.460 e. The molecule has 0 bridgehead atoms. The maximum atomic E-state index is 15.2. The second kappa shape index (κ2) is 38.2. The van der Waals surface area contributed by atoms with Crippen LogP contribution in [0.5, 0.6) is 0 Å². The van der Waals surface area contributed by atoms with Gasteiger partial charge in [-0.1, -0.05) is 232 Å². The Balaban J connectivity index is 6.94. The van der Waals surface area contributed by atoms with Gasteiger partial charge in [-0.25, -0.2) is 0 Å². The first kappa shape index (κ1) is 91.3. The molecule has 1 nitrogen and oxygen atoms in total. The van der Waals surface area contributed by atoms with Crippen LogP contribution >= 0.6 is 0 Å². The van der Waals surface area contributed by atoms with Gasteiger partial charge in [0.25, 0.3) is 0 Å². The molecule has 0 aliphatic carbocycles. The molecule has 0 rings (SSSR count). The molecule has 2 atom stereocenters. The molecule has 2 unspecified atom stereocenters. The van der Waals surface area contributed by atoms with Crippen LogP contribution in [0.4, 0.5) is 132 Å². The molecule has 0 aromatic carbocycles. The molecule has 0 N–H and O–H groups in total. The molecule has 93 heavy (non-hydrogen) atoms. The standard InChI is InChI=1S/C60H96F30OSi2/c1-5-7-9-11-13-15-17-19-21-23-25-27-29-31-33-35-37-43-92(3,45-39-41-47(61,62)49(65,66)51(69,70)53(73,74)55(77,78)57(81,82)59(85,86)87)91-93(4,44-38-36-34-32-30-28-26-24-22-20-18-16-14-12-10-8-6-2)46-40-42-48(63,64)50(67,68)52(71,72)54(75,76)56(79,80)58(83,84)60(88,89)90/h5-46H2,1-4H3. The van der Waals surface area contributed by atoms with E-state index in [1.165, 1.54) is 38.5 Å². The predicted molar refractivity (Wildman–Crippen MR) is 302 cm³/mol. The van der Waals surface area contributed by atoms with Gasteiger partial charge in [-0.05, 0) is 50.1 Å². The third kappa shape index (κ3) is 24.9. The highest BCUT2D eigenvalue weighted by atomic mass is 28.4. The third-order valence-electron chi connectivity index (χ3n) is 17.3. The van der Waals surface area contributed by atoms with Gasteiger partial charge in [0.15, 0.2) is 16.6 Å². The Morgan fingerprint density at radius 1 is 0.194 bits per heavy atom. The van der Waals surface area contributed by atoms with E-state index in [9.17, 15) is 114 Å². The Bertz CT molecular complexity index is 1880. The van der Waals surface area contributed by atoms with Crippen molar-refractivity contribution in [2.24, 2.45) is 0 Å². The molecule has 0 aromatic heterocycles. The Morgan fingerprint density at radius 3 is 0.527 bits per heavy atom. The highest BCUT2D eigenvalue weighted by molar-refractivity contribution is 6.86. The van der Waals surface area contributed by atoms with Gasteiger partial charge in [0.1, 0.15) is 0 Å². The van der Waals surface area contributed by atoms with Gasteiger partial charge in [0.05, 0.1) is 0 Å². The maximum Gasteiger partial charge on any atom is 0.460 e.